The van der Waals surface area contributed by atoms with Gasteiger partial charge < -0.3 is 20.7 Å². The fourth-order valence-electron chi connectivity index (χ4n) is 5.44. The molecule has 5 rings (SSSR count). The summed E-state index contributed by atoms with van der Waals surface area (Å²) < 4.78 is 22.8. The highest BCUT2D eigenvalue weighted by atomic mass is 19.1. The lowest BCUT2D eigenvalue weighted by molar-refractivity contribution is -0.119. The van der Waals surface area contributed by atoms with Crippen LogP contribution in [0.3, 0.4) is 0 Å². The second-order valence-corrected chi connectivity index (χ2v) is 10.8. The van der Waals surface area contributed by atoms with E-state index in [1.807, 2.05) is 38.1 Å². The molecule has 0 radical (unpaired) electrons. The van der Waals surface area contributed by atoms with Gasteiger partial charge in [0.1, 0.15) is 11.6 Å². The molecule has 4 aromatic rings. The number of halogens is 1. The van der Waals surface area contributed by atoms with Crippen molar-refractivity contribution in [3.63, 3.8) is 0 Å². The zero-order valence-corrected chi connectivity index (χ0v) is 25.1. The summed E-state index contributed by atoms with van der Waals surface area (Å²) in [6, 6.07) is 14.4. The van der Waals surface area contributed by atoms with Crippen molar-refractivity contribution in [3.05, 3.63) is 97.6 Å². The Balaban J connectivity index is 1.46. The number of benzene rings is 3. The molecule has 1 fully saturated rings. The van der Waals surface area contributed by atoms with Crippen LogP contribution in [0.15, 0.2) is 58.1 Å². The largest absolute Gasteiger partial charge is 0.496 e. The number of nitrogens with zero attached hydrogens (tertiary/aromatic N) is 3. The van der Waals surface area contributed by atoms with Crippen molar-refractivity contribution < 1.29 is 18.7 Å². The molecule has 1 unspecified atom stereocenters. The van der Waals surface area contributed by atoms with Gasteiger partial charge in [-0.1, -0.05) is 30.3 Å². The van der Waals surface area contributed by atoms with Gasteiger partial charge >= 0.3 is 5.69 Å². The molecule has 44 heavy (non-hydrogen) atoms. The van der Waals surface area contributed by atoms with E-state index in [0.717, 1.165) is 37.1 Å². The molecule has 0 saturated carbocycles. The summed E-state index contributed by atoms with van der Waals surface area (Å²) in [5.41, 5.74) is 3.79. The quantitative estimate of drug-likeness (QED) is 0.283. The van der Waals surface area contributed by atoms with E-state index in [0.29, 0.717) is 35.5 Å². The van der Waals surface area contributed by atoms with Crippen LogP contribution in [0.5, 0.6) is 5.75 Å². The molecule has 1 aliphatic rings. The first-order valence-electron chi connectivity index (χ1n) is 14.0. The van der Waals surface area contributed by atoms with Gasteiger partial charge in [-0.25, -0.2) is 13.9 Å². The van der Waals surface area contributed by atoms with Crippen LogP contribution in [0.4, 0.5) is 10.1 Å². The molecule has 228 valence electrons. The van der Waals surface area contributed by atoms with Crippen molar-refractivity contribution >= 4 is 17.5 Å². The van der Waals surface area contributed by atoms with Gasteiger partial charge in [0.25, 0.3) is 11.5 Å². The maximum Gasteiger partial charge on any atom is 0.346 e. The van der Waals surface area contributed by atoms with E-state index in [1.165, 1.54) is 27.3 Å². The van der Waals surface area contributed by atoms with Gasteiger partial charge in [-0.15, -0.1) is 0 Å². The van der Waals surface area contributed by atoms with Crippen LogP contribution in [-0.2, 0) is 25.4 Å². The van der Waals surface area contributed by atoms with Crippen LogP contribution >= 0.6 is 0 Å². The minimum atomic E-state index is -0.793. The smallest absolute Gasteiger partial charge is 0.346 e. The molecule has 12 heteroatoms. The number of anilines is 1. The highest BCUT2D eigenvalue weighted by Crippen LogP contribution is 2.37. The van der Waals surface area contributed by atoms with E-state index in [4.69, 9.17) is 4.74 Å². The second-order valence-electron chi connectivity index (χ2n) is 10.8. The number of methoxy groups -OCH3 is 1. The summed E-state index contributed by atoms with van der Waals surface area (Å²) >= 11 is 0. The van der Waals surface area contributed by atoms with Gasteiger partial charge in [-0.3, -0.25) is 19.0 Å². The molecular formula is C32H33FN6O5. The van der Waals surface area contributed by atoms with Crippen molar-refractivity contribution in [2.24, 2.45) is 14.1 Å². The zero-order valence-electron chi connectivity index (χ0n) is 25.1. The Bertz CT molecular complexity index is 1910. The number of aryl methyl sites for hydroxylation is 1. The Kier molecular flexibility index (Phi) is 8.45. The first-order valence-corrected chi connectivity index (χ1v) is 14.0. The zero-order chi connectivity index (χ0) is 31.7. The Labute approximate surface area is 252 Å². The second kappa shape index (κ2) is 12.3. The van der Waals surface area contributed by atoms with E-state index in [-0.39, 0.29) is 18.5 Å². The molecule has 1 saturated heterocycles. The molecule has 0 spiro atoms. The third-order valence-corrected chi connectivity index (χ3v) is 7.97. The predicted octanol–water partition coefficient (Wildman–Crippen LogP) is 2.81. The summed E-state index contributed by atoms with van der Waals surface area (Å²) in [4.78, 5) is 49.1. The number of hydrogen-bond acceptors (Lipinski definition) is 7. The standard InChI is InChI=1S/C32H33FN6O5/c1-17-21(19-12-25(33)24(27(13-19)44-5)16-34-20-14-28(40)35-15-20)8-6-9-22(17)23-10-7-11-26(18(23)2)36-30(41)29-31(42)38(3)32(43)39(4)37-29/h6-13,20,34H,14-16H2,1-5H3,(H,35,40)(H,36,41). The third kappa shape index (κ3) is 5.76. The minimum Gasteiger partial charge on any atom is -0.496 e. The lowest BCUT2D eigenvalue weighted by Crippen LogP contribution is -2.43. The fourth-order valence-corrected chi connectivity index (χ4v) is 5.44. The third-order valence-electron chi connectivity index (χ3n) is 7.97. The van der Waals surface area contributed by atoms with Crippen molar-refractivity contribution in [2.75, 3.05) is 19.0 Å². The average Bonchev–Trinajstić information content (AvgIpc) is 3.43. The average molecular weight is 601 g/mol. The lowest BCUT2D eigenvalue weighted by Gasteiger charge is -2.18. The summed E-state index contributed by atoms with van der Waals surface area (Å²) in [6.07, 6.45) is 0.348. The first kappa shape index (κ1) is 30.4. The maximum absolute atomic E-state index is 15.5. The Hall–Kier alpha value is -5.10. The van der Waals surface area contributed by atoms with Crippen LogP contribution in [0.1, 0.15) is 33.6 Å². The lowest BCUT2D eigenvalue weighted by atomic mass is 9.90. The van der Waals surface area contributed by atoms with Gasteiger partial charge in [0.2, 0.25) is 11.6 Å². The predicted molar refractivity (Wildman–Crippen MR) is 164 cm³/mol. The number of carbonyl (C=O) groups is 2. The minimum absolute atomic E-state index is 0.0316. The van der Waals surface area contributed by atoms with E-state index < -0.39 is 28.7 Å². The number of hydrogen-bond donors (Lipinski definition) is 3. The number of amides is 2. The van der Waals surface area contributed by atoms with Crippen molar-refractivity contribution in [1.29, 1.82) is 0 Å². The fraction of sp³-hybridized carbons (Fsp3) is 0.281. The summed E-state index contributed by atoms with van der Waals surface area (Å²) in [5, 5.41) is 12.6. The molecular weight excluding hydrogens is 567 g/mol. The van der Waals surface area contributed by atoms with Crippen LogP contribution in [0.25, 0.3) is 22.3 Å². The van der Waals surface area contributed by atoms with Crippen LogP contribution < -0.4 is 31.9 Å². The molecule has 1 atom stereocenters. The number of ether oxygens (including phenoxy) is 1. The summed E-state index contributed by atoms with van der Waals surface area (Å²) in [7, 11) is 4.15. The Morgan fingerprint density at radius 3 is 2.41 bits per heavy atom. The monoisotopic (exact) mass is 600 g/mol. The van der Waals surface area contributed by atoms with E-state index in [1.54, 1.807) is 18.2 Å². The number of nitrogens with one attached hydrogen (secondary N) is 3. The normalized spacial score (nSPS) is 14.4. The molecule has 1 aliphatic heterocycles. The van der Waals surface area contributed by atoms with Crippen molar-refractivity contribution in [2.45, 2.75) is 32.9 Å². The molecule has 2 amide bonds. The van der Waals surface area contributed by atoms with E-state index in [9.17, 15) is 19.2 Å². The van der Waals surface area contributed by atoms with Crippen molar-refractivity contribution in [3.8, 4) is 28.0 Å². The van der Waals surface area contributed by atoms with Crippen LogP contribution in [0, 0.1) is 19.7 Å². The molecule has 11 nitrogen and oxygen atoms in total. The topological polar surface area (TPSA) is 136 Å². The van der Waals surface area contributed by atoms with E-state index >= 15 is 4.39 Å². The Morgan fingerprint density at radius 1 is 1.05 bits per heavy atom. The number of rotatable bonds is 8. The van der Waals surface area contributed by atoms with Crippen LogP contribution in [0.2, 0.25) is 0 Å². The van der Waals surface area contributed by atoms with Gasteiger partial charge in [0, 0.05) is 50.9 Å². The Morgan fingerprint density at radius 2 is 1.73 bits per heavy atom. The molecule has 3 aromatic carbocycles. The summed E-state index contributed by atoms with van der Waals surface area (Å²) in [6.45, 7) is 4.50. The molecule has 0 aliphatic carbocycles. The summed E-state index contributed by atoms with van der Waals surface area (Å²) in [5.74, 6) is -0.794. The SMILES string of the molecule is COc1cc(-c2cccc(-c3cccc(NC(=O)c4nn(C)c(=O)n(C)c4=O)c3C)c2C)cc(F)c1CNC1CNC(=O)C1. The molecule has 3 N–H and O–H groups in total. The van der Waals surface area contributed by atoms with Crippen LogP contribution in [-0.4, -0.2) is 45.9 Å². The molecule has 1 aromatic heterocycles. The first-order chi connectivity index (χ1) is 21.0. The van der Waals surface area contributed by atoms with Gasteiger partial charge in [0.15, 0.2) is 0 Å². The molecule has 2 heterocycles. The van der Waals surface area contributed by atoms with Gasteiger partial charge in [-0.05, 0) is 65.4 Å². The number of aromatic nitrogens is 3. The van der Waals surface area contributed by atoms with E-state index in [2.05, 4.69) is 21.0 Å². The van der Waals surface area contributed by atoms with Crippen molar-refractivity contribution in [1.82, 2.24) is 25.0 Å². The molecule has 0 bridgehead atoms. The van der Waals surface area contributed by atoms with Gasteiger partial charge in [0.05, 0.1) is 7.11 Å². The number of carbonyl (C=O) groups excluding carboxylic acids is 2. The highest BCUT2D eigenvalue weighted by molar-refractivity contribution is 6.03. The van der Waals surface area contributed by atoms with Gasteiger partial charge in [-0.2, -0.15) is 5.10 Å². The highest BCUT2D eigenvalue weighted by Gasteiger charge is 2.23. The maximum atomic E-state index is 15.5.